The van der Waals surface area contributed by atoms with Crippen LogP contribution >= 0.6 is 0 Å². The van der Waals surface area contributed by atoms with Crippen molar-refractivity contribution in [2.45, 2.75) is 30.7 Å². The van der Waals surface area contributed by atoms with E-state index in [1.165, 1.54) is 18.2 Å². The van der Waals surface area contributed by atoms with E-state index < -0.39 is 41.2 Å². The minimum atomic E-state index is -5.13. The van der Waals surface area contributed by atoms with Gasteiger partial charge in [-0.3, -0.25) is 9.59 Å². The summed E-state index contributed by atoms with van der Waals surface area (Å²) in [5, 5.41) is 1.98. The highest BCUT2D eigenvalue weighted by Gasteiger charge is 2.63. The van der Waals surface area contributed by atoms with E-state index in [1.807, 2.05) is 5.32 Å². The Kier molecular flexibility index (Phi) is 7.77. The van der Waals surface area contributed by atoms with Crippen LogP contribution in [0.25, 0.3) is 0 Å². The van der Waals surface area contributed by atoms with E-state index >= 15 is 0 Å². The molecule has 0 saturated heterocycles. The zero-order valence-electron chi connectivity index (χ0n) is 15.0. The van der Waals surface area contributed by atoms with Crippen molar-refractivity contribution in [3.63, 3.8) is 0 Å². The molecule has 0 aliphatic rings. The van der Waals surface area contributed by atoms with Gasteiger partial charge in [-0.15, -0.1) is 0 Å². The van der Waals surface area contributed by atoms with Crippen LogP contribution in [0.4, 0.5) is 13.2 Å². The summed E-state index contributed by atoms with van der Waals surface area (Å²) in [7, 11) is 2.86. The van der Waals surface area contributed by atoms with Gasteiger partial charge in [0.25, 0.3) is 11.5 Å². The monoisotopic (exact) mass is 391 g/mol. The number of methoxy groups -OCH3 is 3. The van der Waals surface area contributed by atoms with Gasteiger partial charge in [-0.25, -0.2) is 4.79 Å². The summed E-state index contributed by atoms with van der Waals surface area (Å²) in [6, 6.07) is 4.78. The first-order valence-electron chi connectivity index (χ1n) is 7.77. The van der Waals surface area contributed by atoms with Gasteiger partial charge in [-0.1, -0.05) is 30.3 Å². The molecule has 1 aromatic carbocycles. The molecule has 1 rings (SSSR count). The second-order valence-corrected chi connectivity index (χ2v) is 5.41. The third-order valence-corrected chi connectivity index (χ3v) is 3.86. The molecule has 7 nitrogen and oxygen atoms in total. The molecule has 1 N–H and O–H groups in total. The van der Waals surface area contributed by atoms with Crippen molar-refractivity contribution >= 4 is 17.8 Å². The van der Waals surface area contributed by atoms with Crippen molar-refractivity contribution < 1.29 is 41.8 Å². The minimum Gasteiger partial charge on any atom is -0.469 e. The summed E-state index contributed by atoms with van der Waals surface area (Å²) >= 11 is 0. The number of esters is 2. The molecule has 0 spiro atoms. The lowest BCUT2D eigenvalue weighted by Gasteiger charge is -2.34. The third kappa shape index (κ3) is 4.97. The first-order chi connectivity index (χ1) is 12.6. The maximum atomic E-state index is 13.8. The van der Waals surface area contributed by atoms with E-state index in [2.05, 4.69) is 14.2 Å². The van der Waals surface area contributed by atoms with E-state index in [0.29, 0.717) is 0 Å². The molecule has 1 aromatic rings. The number of carbonyl (C=O) groups excluding carboxylic acids is 3. The van der Waals surface area contributed by atoms with Gasteiger partial charge in [-0.2, -0.15) is 13.2 Å². The van der Waals surface area contributed by atoms with Crippen molar-refractivity contribution in [2.75, 3.05) is 21.3 Å². The van der Waals surface area contributed by atoms with Gasteiger partial charge in [0.2, 0.25) is 0 Å². The molecular weight excluding hydrogens is 371 g/mol. The fraction of sp³-hybridized carbons (Fsp3) is 0.471. The fourth-order valence-corrected chi connectivity index (χ4v) is 2.44. The largest absolute Gasteiger partial charge is 0.469 e. The number of ether oxygens (including phenoxy) is 3. The number of nitrogens with one attached hydrogen (secondary N) is 1. The molecule has 27 heavy (non-hydrogen) atoms. The lowest BCUT2D eigenvalue weighted by molar-refractivity contribution is -0.266. The zero-order chi connectivity index (χ0) is 20.7. The van der Waals surface area contributed by atoms with Crippen molar-refractivity contribution in [3.05, 3.63) is 35.9 Å². The molecule has 150 valence electrons. The van der Waals surface area contributed by atoms with Crippen LogP contribution in [-0.2, 0) is 34.2 Å². The van der Waals surface area contributed by atoms with E-state index in [4.69, 9.17) is 0 Å². The third-order valence-electron chi connectivity index (χ3n) is 3.86. The van der Waals surface area contributed by atoms with E-state index in [1.54, 1.807) is 0 Å². The Balaban J connectivity index is 3.23. The minimum absolute atomic E-state index is 0.308. The molecule has 2 atom stereocenters. The van der Waals surface area contributed by atoms with Crippen LogP contribution in [0.15, 0.2) is 30.3 Å². The zero-order valence-corrected chi connectivity index (χ0v) is 15.0. The average molecular weight is 391 g/mol. The normalized spacial score (nSPS) is 14.6. The van der Waals surface area contributed by atoms with Gasteiger partial charge < -0.3 is 19.5 Å². The molecular formula is C17H20F3NO6. The van der Waals surface area contributed by atoms with Crippen LogP contribution in [0.3, 0.4) is 0 Å². The highest BCUT2D eigenvalue weighted by molar-refractivity contribution is 5.91. The number of amides is 1. The number of benzene rings is 1. The second-order valence-electron chi connectivity index (χ2n) is 5.41. The Morgan fingerprint density at radius 1 is 1.04 bits per heavy atom. The average Bonchev–Trinajstić information content (AvgIpc) is 2.64. The van der Waals surface area contributed by atoms with Gasteiger partial charge in [-0.05, 0) is 6.42 Å². The molecule has 0 aliphatic carbocycles. The summed E-state index contributed by atoms with van der Waals surface area (Å²) in [5.41, 5.74) is -3.81. The number of hydrogen-bond donors (Lipinski definition) is 1. The van der Waals surface area contributed by atoms with Crippen molar-refractivity contribution in [2.24, 2.45) is 0 Å². The predicted molar refractivity (Wildman–Crippen MR) is 86.4 cm³/mol. The number of alkyl halides is 3. The molecule has 0 unspecified atom stereocenters. The summed E-state index contributed by atoms with van der Waals surface area (Å²) < 4.78 is 55.1. The van der Waals surface area contributed by atoms with Gasteiger partial charge in [0.1, 0.15) is 6.04 Å². The maximum Gasteiger partial charge on any atom is 0.430 e. The van der Waals surface area contributed by atoms with Crippen LogP contribution in [0.5, 0.6) is 0 Å². The van der Waals surface area contributed by atoms with Gasteiger partial charge >= 0.3 is 18.1 Å². The number of halogens is 3. The molecule has 1 amide bonds. The molecule has 0 aliphatic heterocycles. The lowest BCUT2D eigenvalue weighted by Crippen LogP contribution is -2.58. The van der Waals surface area contributed by atoms with Crippen LogP contribution in [0.2, 0.25) is 0 Å². The highest BCUT2D eigenvalue weighted by atomic mass is 19.4. The van der Waals surface area contributed by atoms with Crippen LogP contribution in [0.1, 0.15) is 18.4 Å². The highest BCUT2D eigenvalue weighted by Crippen LogP contribution is 2.42. The number of hydrogen-bond acceptors (Lipinski definition) is 6. The maximum absolute atomic E-state index is 13.8. The molecule has 10 heteroatoms. The summed E-state index contributed by atoms with van der Waals surface area (Å²) in [6.07, 6.45) is -5.75. The molecule has 0 bridgehead atoms. The van der Waals surface area contributed by atoms with Crippen molar-refractivity contribution in [1.29, 1.82) is 0 Å². The molecule has 0 radical (unpaired) electrons. The first-order valence-corrected chi connectivity index (χ1v) is 7.77. The van der Waals surface area contributed by atoms with Crippen LogP contribution in [-0.4, -0.2) is 51.4 Å². The Bertz CT molecular complexity index is 664. The Morgan fingerprint density at radius 3 is 2.07 bits per heavy atom. The SMILES string of the molecule is COC(=O)CC[C@H](NC(=O)[C@](OC)(c1ccccc1)C(F)(F)F)C(=O)OC. The smallest absolute Gasteiger partial charge is 0.430 e. The molecule has 0 saturated carbocycles. The Hall–Kier alpha value is -2.62. The molecule has 0 fully saturated rings. The topological polar surface area (TPSA) is 90.9 Å². The van der Waals surface area contributed by atoms with Crippen LogP contribution < -0.4 is 5.32 Å². The number of rotatable bonds is 8. The standard InChI is InChI=1S/C17H20F3NO6/c1-25-13(22)10-9-12(14(23)26-2)21-15(24)16(27-3,17(18,19)20)11-7-5-4-6-8-11/h4-8,12H,9-10H2,1-3H3,(H,21,24)/t12-,16+/m0/s1. The van der Waals surface area contributed by atoms with E-state index in [0.717, 1.165) is 33.5 Å². The quantitative estimate of drug-likeness (QED) is 0.679. The van der Waals surface area contributed by atoms with Crippen molar-refractivity contribution in [1.82, 2.24) is 5.32 Å². The molecule has 0 aromatic heterocycles. The molecule has 0 heterocycles. The second kappa shape index (κ2) is 9.36. The van der Waals surface area contributed by atoms with E-state index in [9.17, 15) is 27.6 Å². The van der Waals surface area contributed by atoms with Crippen LogP contribution in [0, 0.1) is 0 Å². The van der Waals surface area contributed by atoms with Crippen molar-refractivity contribution in [3.8, 4) is 0 Å². The predicted octanol–water partition coefficient (Wildman–Crippen LogP) is 1.70. The summed E-state index contributed by atoms with van der Waals surface area (Å²) in [6.45, 7) is 0. The van der Waals surface area contributed by atoms with Gasteiger partial charge in [0.15, 0.2) is 0 Å². The van der Waals surface area contributed by atoms with E-state index in [-0.39, 0.29) is 12.8 Å². The number of carbonyl (C=O) groups is 3. The summed E-state index contributed by atoms with van der Waals surface area (Å²) in [4.78, 5) is 35.7. The lowest BCUT2D eigenvalue weighted by atomic mass is 9.91. The Labute approximate surface area is 153 Å². The van der Waals surface area contributed by atoms with Gasteiger partial charge in [0, 0.05) is 19.1 Å². The van der Waals surface area contributed by atoms with Gasteiger partial charge in [0.05, 0.1) is 14.2 Å². The Morgan fingerprint density at radius 2 is 1.63 bits per heavy atom. The fourth-order valence-electron chi connectivity index (χ4n) is 2.44. The summed E-state index contributed by atoms with van der Waals surface area (Å²) in [5.74, 6) is -3.31. The first kappa shape index (κ1) is 22.4.